The van der Waals surface area contributed by atoms with Gasteiger partial charge in [-0.3, -0.25) is 9.36 Å². The Bertz CT molecular complexity index is 1390. The Labute approximate surface area is 191 Å². The second-order valence-electron chi connectivity index (χ2n) is 6.91. The molecule has 0 radical (unpaired) electrons. The molecule has 0 atom stereocenters. The van der Waals surface area contributed by atoms with Crippen molar-refractivity contribution in [3.05, 3.63) is 91.8 Å². The van der Waals surface area contributed by atoms with Gasteiger partial charge in [-0.1, -0.05) is 29.8 Å². The van der Waals surface area contributed by atoms with Crippen molar-refractivity contribution in [1.29, 1.82) is 0 Å². The maximum Gasteiger partial charge on any atom is 0.354 e. The maximum atomic E-state index is 13.1. The van der Waals surface area contributed by atoms with Crippen LogP contribution in [-0.2, 0) is 11.3 Å². The van der Waals surface area contributed by atoms with Crippen molar-refractivity contribution >= 4 is 45.1 Å². The van der Waals surface area contributed by atoms with Gasteiger partial charge >= 0.3 is 11.9 Å². The summed E-state index contributed by atoms with van der Waals surface area (Å²) in [6.45, 7) is 1.96. The molecule has 0 aliphatic rings. The van der Waals surface area contributed by atoms with Gasteiger partial charge < -0.3 is 9.47 Å². The van der Waals surface area contributed by atoms with E-state index in [4.69, 9.17) is 16.3 Å². The fourth-order valence-electron chi connectivity index (χ4n) is 3.21. The zero-order valence-corrected chi connectivity index (χ0v) is 18.7. The summed E-state index contributed by atoms with van der Waals surface area (Å²) in [5, 5.41) is 0.932. The number of esters is 2. The molecule has 32 heavy (non-hydrogen) atoms. The summed E-state index contributed by atoms with van der Waals surface area (Å²) in [5.74, 6) is -0.820. The first-order valence-corrected chi connectivity index (χ1v) is 10.7. The molecule has 0 N–H and O–H groups in total. The average Bonchev–Trinajstić information content (AvgIpc) is 3.14. The predicted octanol–water partition coefficient (Wildman–Crippen LogP) is 4.47. The van der Waals surface area contributed by atoms with Gasteiger partial charge in [-0.05, 0) is 48.4 Å². The number of carbonyl (C=O) groups is 2. The number of carbonyl (C=O) groups excluding carboxylic acids is 2. The van der Waals surface area contributed by atoms with E-state index in [9.17, 15) is 14.4 Å². The minimum absolute atomic E-state index is 0.259. The summed E-state index contributed by atoms with van der Waals surface area (Å²) >= 11 is 7.31. The summed E-state index contributed by atoms with van der Waals surface area (Å²) in [6, 6.07) is 13.3. The van der Waals surface area contributed by atoms with E-state index in [-0.39, 0.29) is 22.7 Å². The van der Waals surface area contributed by atoms with E-state index in [1.165, 1.54) is 42.3 Å². The Morgan fingerprint density at radius 3 is 2.50 bits per heavy atom. The average molecular weight is 469 g/mol. The lowest BCUT2D eigenvalue weighted by Crippen LogP contribution is -2.21. The number of fused-ring (bicyclic) bond motifs is 1. The molecular formula is C23H17ClN2O5S. The fraction of sp³-hybridized carbons (Fsp3) is 0.130. The molecule has 0 aliphatic carbocycles. The van der Waals surface area contributed by atoms with E-state index < -0.39 is 11.9 Å². The zero-order valence-electron chi connectivity index (χ0n) is 17.1. The van der Waals surface area contributed by atoms with Crippen LogP contribution in [0.2, 0.25) is 5.02 Å². The zero-order chi connectivity index (χ0) is 22.8. The fourth-order valence-corrected chi connectivity index (χ4v) is 4.42. The Morgan fingerprint density at radius 1 is 1.09 bits per heavy atom. The van der Waals surface area contributed by atoms with Crippen LogP contribution in [0.5, 0.6) is 5.75 Å². The van der Waals surface area contributed by atoms with Crippen LogP contribution in [0.3, 0.4) is 0 Å². The molecule has 2 aromatic carbocycles. The first kappa shape index (κ1) is 21.7. The number of benzene rings is 2. The van der Waals surface area contributed by atoms with Gasteiger partial charge in [0.25, 0.3) is 5.56 Å². The molecule has 0 unspecified atom stereocenters. The van der Waals surface area contributed by atoms with Crippen molar-refractivity contribution in [1.82, 2.24) is 9.55 Å². The minimum Gasteiger partial charge on any atom is -0.465 e. The van der Waals surface area contributed by atoms with Crippen molar-refractivity contribution in [2.45, 2.75) is 13.5 Å². The number of hydrogen-bond acceptors (Lipinski definition) is 7. The third kappa shape index (κ3) is 4.15. The predicted molar refractivity (Wildman–Crippen MR) is 122 cm³/mol. The second-order valence-corrected chi connectivity index (χ2v) is 8.32. The molecule has 0 aliphatic heterocycles. The number of hydrogen-bond donors (Lipinski definition) is 0. The molecule has 0 spiro atoms. The monoisotopic (exact) mass is 468 g/mol. The SMILES string of the molecule is COC(=O)c1ccc(OC(=O)c2sc3ncn(Cc4ccccc4Cl)c(=O)c3c2C)cc1. The molecule has 7 nitrogen and oxygen atoms in total. The van der Waals surface area contributed by atoms with Crippen molar-refractivity contribution < 1.29 is 19.1 Å². The normalized spacial score (nSPS) is 10.8. The van der Waals surface area contributed by atoms with Crippen LogP contribution in [0.15, 0.2) is 59.7 Å². The van der Waals surface area contributed by atoms with Crippen LogP contribution in [0.25, 0.3) is 10.2 Å². The van der Waals surface area contributed by atoms with Crippen molar-refractivity contribution in [2.24, 2.45) is 0 Å². The quantitative estimate of drug-likeness (QED) is 0.317. The standard InChI is InChI=1S/C23H17ClN2O5S/c1-13-18-20(25-12-26(21(18)27)11-15-5-3-4-6-17(15)24)32-19(13)23(29)31-16-9-7-14(8-10-16)22(28)30-2/h3-10,12H,11H2,1-2H3. The van der Waals surface area contributed by atoms with Gasteiger partial charge in [0.15, 0.2) is 0 Å². The smallest absolute Gasteiger partial charge is 0.354 e. The number of halogens is 1. The lowest BCUT2D eigenvalue weighted by atomic mass is 10.2. The van der Waals surface area contributed by atoms with Gasteiger partial charge in [-0.15, -0.1) is 11.3 Å². The largest absolute Gasteiger partial charge is 0.465 e. The highest BCUT2D eigenvalue weighted by molar-refractivity contribution is 7.20. The Morgan fingerprint density at radius 2 is 1.81 bits per heavy atom. The van der Waals surface area contributed by atoms with Gasteiger partial charge in [0, 0.05) is 5.02 Å². The van der Waals surface area contributed by atoms with E-state index >= 15 is 0 Å². The second kappa shape index (κ2) is 8.94. The van der Waals surface area contributed by atoms with Gasteiger partial charge in [0.1, 0.15) is 15.5 Å². The Kier molecular flexibility index (Phi) is 6.07. The van der Waals surface area contributed by atoms with Gasteiger partial charge in [0.2, 0.25) is 0 Å². The van der Waals surface area contributed by atoms with E-state index in [1.54, 1.807) is 13.0 Å². The lowest BCUT2D eigenvalue weighted by Gasteiger charge is -2.07. The number of rotatable bonds is 5. The highest BCUT2D eigenvalue weighted by atomic mass is 35.5. The van der Waals surface area contributed by atoms with Crippen LogP contribution in [0.1, 0.15) is 31.2 Å². The number of thiophene rings is 1. The van der Waals surface area contributed by atoms with Gasteiger partial charge in [-0.25, -0.2) is 14.6 Å². The van der Waals surface area contributed by atoms with Crippen molar-refractivity contribution in [3.8, 4) is 5.75 Å². The van der Waals surface area contributed by atoms with E-state index in [2.05, 4.69) is 9.72 Å². The number of ether oxygens (including phenoxy) is 2. The van der Waals surface area contributed by atoms with E-state index in [1.807, 2.05) is 18.2 Å². The van der Waals surface area contributed by atoms with Crippen molar-refractivity contribution in [3.63, 3.8) is 0 Å². The summed E-state index contributed by atoms with van der Waals surface area (Å²) in [4.78, 5) is 42.5. The summed E-state index contributed by atoms with van der Waals surface area (Å²) in [6.07, 6.45) is 1.45. The van der Waals surface area contributed by atoms with Crippen LogP contribution in [0.4, 0.5) is 0 Å². The molecule has 2 aromatic heterocycles. The Balaban J connectivity index is 1.62. The molecule has 0 fully saturated rings. The van der Waals surface area contributed by atoms with Crippen LogP contribution < -0.4 is 10.3 Å². The molecule has 0 amide bonds. The molecule has 9 heteroatoms. The van der Waals surface area contributed by atoms with Gasteiger partial charge in [0.05, 0.1) is 30.9 Å². The topological polar surface area (TPSA) is 87.5 Å². The molecule has 0 bridgehead atoms. The first-order chi connectivity index (χ1) is 15.4. The molecule has 0 saturated heterocycles. The van der Waals surface area contributed by atoms with Gasteiger partial charge in [-0.2, -0.15) is 0 Å². The number of aromatic nitrogens is 2. The molecule has 4 rings (SSSR count). The number of nitrogens with zero attached hydrogens (tertiary/aromatic N) is 2. The van der Waals surface area contributed by atoms with Crippen LogP contribution >= 0.6 is 22.9 Å². The Hall–Kier alpha value is -3.49. The number of methoxy groups -OCH3 is 1. The number of aryl methyl sites for hydroxylation is 1. The highest BCUT2D eigenvalue weighted by Gasteiger charge is 2.21. The third-order valence-corrected chi connectivity index (χ3v) is 6.44. The van der Waals surface area contributed by atoms with Crippen LogP contribution in [0, 0.1) is 6.92 Å². The molecule has 2 heterocycles. The summed E-state index contributed by atoms with van der Waals surface area (Å²) in [5.41, 5.74) is 1.38. The van der Waals surface area contributed by atoms with E-state index in [0.29, 0.717) is 26.4 Å². The highest BCUT2D eigenvalue weighted by Crippen LogP contribution is 2.28. The first-order valence-electron chi connectivity index (χ1n) is 9.51. The maximum absolute atomic E-state index is 13.1. The lowest BCUT2D eigenvalue weighted by molar-refractivity contribution is 0.0600. The van der Waals surface area contributed by atoms with E-state index in [0.717, 1.165) is 16.9 Å². The molecular weight excluding hydrogens is 452 g/mol. The summed E-state index contributed by atoms with van der Waals surface area (Å²) < 4.78 is 11.5. The molecule has 162 valence electrons. The third-order valence-electron chi connectivity index (χ3n) is 4.89. The minimum atomic E-state index is -0.603. The summed E-state index contributed by atoms with van der Waals surface area (Å²) in [7, 11) is 1.29. The molecule has 4 aromatic rings. The van der Waals surface area contributed by atoms with Crippen molar-refractivity contribution in [2.75, 3.05) is 7.11 Å². The molecule has 0 saturated carbocycles. The van der Waals surface area contributed by atoms with Crippen LogP contribution in [-0.4, -0.2) is 28.6 Å².